The van der Waals surface area contributed by atoms with Gasteiger partial charge in [0.1, 0.15) is 17.8 Å². The van der Waals surface area contributed by atoms with Gasteiger partial charge < -0.3 is 10.2 Å². The summed E-state index contributed by atoms with van der Waals surface area (Å²) >= 11 is 0. The first-order chi connectivity index (χ1) is 11.7. The van der Waals surface area contributed by atoms with Crippen LogP contribution in [0.1, 0.15) is 11.1 Å². The van der Waals surface area contributed by atoms with Gasteiger partial charge in [-0.3, -0.25) is 0 Å². The van der Waals surface area contributed by atoms with Gasteiger partial charge in [0.2, 0.25) is 0 Å². The van der Waals surface area contributed by atoms with E-state index in [1.54, 1.807) is 54.7 Å². The second kappa shape index (κ2) is 7.05. The average molecular weight is 322 g/mol. The zero-order valence-corrected chi connectivity index (χ0v) is 12.5. The lowest BCUT2D eigenvalue weighted by Gasteiger charge is -1.99. The van der Waals surface area contributed by atoms with Crippen molar-refractivity contribution in [3.05, 3.63) is 66.0 Å². The molecule has 120 valence electrons. The largest absolute Gasteiger partial charge is 0.508 e. The summed E-state index contributed by atoms with van der Waals surface area (Å²) in [6, 6.07) is 13.4. The molecule has 0 bridgehead atoms. The zero-order chi connectivity index (χ0) is 16.8. The van der Waals surface area contributed by atoms with E-state index in [4.69, 9.17) is 0 Å². The molecule has 1 heterocycles. The summed E-state index contributed by atoms with van der Waals surface area (Å²) in [4.78, 5) is 0. The molecule has 3 N–H and O–H groups in total. The molecule has 0 radical (unpaired) electrons. The highest BCUT2D eigenvalue weighted by molar-refractivity contribution is 5.81. The fourth-order valence-electron chi connectivity index (χ4n) is 1.89. The summed E-state index contributed by atoms with van der Waals surface area (Å²) in [6.45, 7) is 0. The molecule has 0 saturated carbocycles. The standard InChI is InChI=1S/C16H14N6O2/c23-14-5-1-3-12(7-14)9-17-20-16-21-18-11-22(16)19-10-13-4-2-6-15(24)8-13/h1-11,23-24H,(H,20,21). The summed E-state index contributed by atoms with van der Waals surface area (Å²) in [5, 5.41) is 34.7. The number of phenols is 2. The van der Waals surface area contributed by atoms with E-state index in [2.05, 4.69) is 25.8 Å². The Morgan fingerprint density at radius 2 is 1.62 bits per heavy atom. The second-order valence-electron chi connectivity index (χ2n) is 4.80. The highest BCUT2D eigenvalue weighted by Gasteiger charge is 2.00. The van der Waals surface area contributed by atoms with Crippen molar-refractivity contribution in [2.24, 2.45) is 10.2 Å². The van der Waals surface area contributed by atoms with Gasteiger partial charge in [-0.2, -0.15) is 14.9 Å². The molecule has 2 aromatic carbocycles. The predicted octanol–water partition coefficient (Wildman–Crippen LogP) is 2.02. The highest BCUT2D eigenvalue weighted by atomic mass is 16.3. The lowest BCUT2D eigenvalue weighted by Crippen LogP contribution is -1.99. The van der Waals surface area contributed by atoms with Crippen molar-refractivity contribution in [2.45, 2.75) is 0 Å². The minimum atomic E-state index is 0.164. The number of benzene rings is 2. The lowest BCUT2D eigenvalue weighted by atomic mass is 10.2. The Morgan fingerprint density at radius 1 is 0.958 bits per heavy atom. The van der Waals surface area contributed by atoms with E-state index in [-0.39, 0.29) is 11.5 Å². The van der Waals surface area contributed by atoms with E-state index in [0.717, 1.165) is 11.1 Å². The number of rotatable bonds is 5. The van der Waals surface area contributed by atoms with Crippen LogP contribution < -0.4 is 5.43 Å². The number of hydrogen-bond acceptors (Lipinski definition) is 7. The third-order valence-corrected chi connectivity index (χ3v) is 2.98. The maximum Gasteiger partial charge on any atom is 0.265 e. The van der Waals surface area contributed by atoms with Crippen molar-refractivity contribution in [2.75, 3.05) is 5.43 Å². The van der Waals surface area contributed by atoms with Crippen LogP contribution in [0.4, 0.5) is 5.95 Å². The predicted molar refractivity (Wildman–Crippen MR) is 90.4 cm³/mol. The minimum absolute atomic E-state index is 0.164. The molecule has 0 unspecified atom stereocenters. The molecule has 0 aliphatic rings. The van der Waals surface area contributed by atoms with Crippen LogP contribution in [0.15, 0.2) is 65.1 Å². The lowest BCUT2D eigenvalue weighted by molar-refractivity contribution is 0.474. The summed E-state index contributed by atoms with van der Waals surface area (Å²) in [7, 11) is 0. The Hall–Kier alpha value is -3.68. The number of aromatic hydroxyl groups is 2. The number of aromatic nitrogens is 3. The quantitative estimate of drug-likeness (QED) is 0.492. The van der Waals surface area contributed by atoms with Gasteiger partial charge in [0.25, 0.3) is 5.95 Å². The van der Waals surface area contributed by atoms with Gasteiger partial charge in [-0.05, 0) is 35.4 Å². The van der Waals surface area contributed by atoms with Crippen LogP contribution in [0.3, 0.4) is 0 Å². The Kier molecular flexibility index (Phi) is 4.47. The SMILES string of the molecule is Oc1cccc(C=NNc2nncn2N=Cc2cccc(O)c2)c1. The average Bonchev–Trinajstić information content (AvgIpc) is 3.01. The van der Waals surface area contributed by atoms with Crippen molar-refractivity contribution < 1.29 is 10.2 Å². The van der Waals surface area contributed by atoms with Crippen LogP contribution in [-0.4, -0.2) is 37.5 Å². The Labute approximate surface area is 137 Å². The molecule has 0 atom stereocenters. The van der Waals surface area contributed by atoms with Crippen molar-refractivity contribution in [3.63, 3.8) is 0 Å². The van der Waals surface area contributed by atoms with Gasteiger partial charge in [0.05, 0.1) is 12.4 Å². The first-order valence-corrected chi connectivity index (χ1v) is 7.02. The van der Waals surface area contributed by atoms with Gasteiger partial charge in [0, 0.05) is 0 Å². The van der Waals surface area contributed by atoms with Gasteiger partial charge in [-0.1, -0.05) is 24.3 Å². The van der Waals surface area contributed by atoms with E-state index < -0.39 is 0 Å². The highest BCUT2D eigenvalue weighted by Crippen LogP contribution is 2.10. The fourth-order valence-corrected chi connectivity index (χ4v) is 1.89. The maximum atomic E-state index is 9.43. The van der Waals surface area contributed by atoms with Crippen LogP contribution in [-0.2, 0) is 0 Å². The summed E-state index contributed by atoms with van der Waals surface area (Å²) < 4.78 is 1.41. The number of nitrogens with one attached hydrogen (secondary N) is 1. The Morgan fingerprint density at radius 3 is 2.29 bits per heavy atom. The van der Waals surface area contributed by atoms with Crippen LogP contribution in [0, 0.1) is 0 Å². The van der Waals surface area contributed by atoms with E-state index in [9.17, 15) is 10.2 Å². The van der Waals surface area contributed by atoms with Gasteiger partial charge in [0.15, 0.2) is 0 Å². The van der Waals surface area contributed by atoms with Gasteiger partial charge in [-0.15, -0.1) is 10.2 Å². The molecular formula is C16H14N6O2. The number of nitrogens with zero attached hydrogens (tertiary/aromatic N) is 5. The molecule has 0 aliphatic carbocycles. The molecule has 0 saturated heterocycles. The number of hydrazone groups is 1. The van der Waals surface area contributed by atoms with E-state index in [1.807, 2.05) is 0 Å². The van der Waals surface area contributed by atoms with Crippen molar-refractivity contribution in [1.29, 1.82) is 0 Å². The maximum absolute atomic E-state index is 9.43. The number of anilines is 1. The van der Waals surface area contributed by atoms with E-state index in [1.165, 1.54) is 17.2 Å². The van der Waals surface area contributed by atoms with Crippen LogP contribution in [0.25, 0.3) is 0 Å². The minimum Gasteiger partial charge on any atom is -0.508 e. The number of phenolic OH excluding ortho intramolecular Hbond substituents is 2. The third kappa shape index (κ3) is 3.95. The molecule has 8 nitrogen and oxygen atoms in total. The van der Waals surface area contributed by atoms with Gasteiger partial charge >= 0.3 is 0 Å². The molecule has 1 aromatic heterocycles. The normalized spacial score (nSPS) is 11.3. The third-order valence-electron chi connectivity index (χ3n) is 2.98. The second-order valence-corrected chi connectivity index (χ2v) is 4.80. The first kappa shape index (κ1) is 15.2. The van der Waals surface area contributed by atoms with Crippen LogP contribution in [0.2, 0.25) is 0 Å². The molecule has 24 heavy (non-hydrogen) atoms. The van der Waals surface area contributed by atoms with Crippen LogP contribution in [0.5, 0.6) is 11.5 Å². The van der Waals surface area contributed by atoms with Crippen molar-refractivity contribution in [3.8, 4) is 11.5 Å². The first-order valence-electron chi connectivity index (χ1n) is 7.02. The molecule has 3 rings (SSSR count). The summed E-state index contributed by atoms with van der Waals surface area (Å²) in [6.07, 6.45) is 4.52. The zero-order valence-electron chi connectivity index (χ0n) is 12.5. The molecule has 0 spiro atoms. The number of hydrogen-bond donors (Lipinski definition) is 3. The summed E-state index contributed by atoms with van der Waals surface area (Å²) in [5.41, 5.74) is 4.19. The smallest absolute Gasteiger partial charge is 0.265 e. The Balaban J connectivity index is 1.69. The monoisotopic (exact) mass is 322 g/mol. The molecule has 0 fully saturated rings. The van der Waals surface area contributed by atoms with E-state index in [0.29, 0.717) is 5.95 Å². The molecule has 8 heteroatoms. The molecular weight excluding hydrogens is 308 g/mol. The molecule has 0 aliphatic heterocycles. The van der Waals surface area contributed by atoms with Gasteiger partial charge in [-0.25, -0.2) is 5.43 Å². The van der Waals surface area contributed by atoms with E-state index >= 15 is 0 Å². The topological polar surface area (TPSA) is 108 Å². The molecule has 3 aromatic rings. The van der Waals surface area contributed by atoms with Crippen molar-refractivity contribution >= 4 is 18.4 Å². The molecule has 0 amide bonds. The van der Waals surface area contributed by atoms with Crippen molar-refractivity contribution in [1.82, 2.24) is 14.9 Å². The van der Waals surface area contributed by atoms with Crippen LogP contribution >= 0.6 is 0 Å². The fraction of sp³-hybridized carbons (Fsp3) is 0. The summed E-state index contributed by atoms with van der Waals surface area (Å²) in [5.74, 6) is 0.650. The Bertz CT molecular complexity index is 888.